The summed E-state index contributed by atoms with van der Waals surface area (Å²) in [4.78, 5) is 2.23. The third-order valence-corrected chi connectivity index (χ3v) is 3.67. The van der Waals surface area contributed by atoms with Crippen LogP contribution in [0.2, 0.25) is 0 Å². The predicted molar refractivity (Wildman–Crippen MR) is 79.1 cm³/mol. The normalized spacial score (nSPS) is 19.7. The van der Waals surface area contributed by atoms with Crippen LogP contribution in [0.15, 0.2) is 24.3 Å². The molecule has 21 heavy (non-hydrogen) atoms. The average molecular weight is 290 g/mol. The zero-order valence-electron chi connectivity index (χ0n) is 12.6. The number of nitriles is 1. The minimum Gasteiger partial charge on any atom is -0.491 e. The fraction of sp³-hybridized carbons (Fsp3) is 0.562. The van der Waals surface area contributed by atoms with E-state index in [-0.39, 0.29) is 12.1 Å². The van der Waals surface area contributed by atoms with Crippen molar-refractivity contribution in [1.82, 2.24) is 4.90 Å². The fourth-order valence-corrected chi connectivity index (χ4v) is 2.35. The molecule has 5 nitrogen and oxygen atoms in total. The van der Waals surface area contributed by atoms with Crippen molar-refractivity contribution in [2.24, 2.45) is 0 Å². The molecule has 1 fully saturated rings. The number of aliphatic hydroxyl groups is 1. The second-order valence-corrected chi connectivity index (χ2v) is 5.91. The van der Waals surface area contributed by atoms with Gasteiger partial charge in [0.15, 0.2) is 0 Å². The summed E-state index contributed by atoms with van der Waals surface area (Å²) in [5, 5.41) is 18.9. The molecular formula is C16H22N2O3. The summed E-state index contributed by atoms with van der Waals surface area (Å²) in [5.41, 5.74) is 0.534. The van der Waals surface area contributed by atoms with Gasteiger partial charge in [0.25, 0.3) is 0 Å². The van der Waals surface area contributed by atoms with E-state index in [1.54, 1.807) is 24.3 Å². The Kier molecular flexibility index (Phi) is 5.18. The molecule has 114 valence electrons. The Balaban J connectivity index is 1.81. The van der Waals surface area contributed by atoms with Gasteiger partial charge in [0.2, 0.25) is 0 Å². The molecule has 0 amide bonds. The molecule has 0 spiro atoms. The second-order valence-electron chi connectivity index (χ2n) is 5.91. The summed E-state index contributed by atoms with van der Waals surface area (Å²) in [6, 6.07) is 8.94. The summed E-state index contributed by atoms with van der Waals surface area (Å²) in [6.45, 7) is 7.22. The smallest absolute Gasteiger partial charge is 0.119 e. The summed E-state index contributed by atoms with van der Waals surface area (Å²) >= 11 is 0. The van der Waals surface area contributed by atoms with E-state index in [2.05, 4.69) is 24.8 Å². The number of morpholine rings is 1. The van der Waals surface area contributed by atoms with Crippen LogP contribution in [-0.2, 0) is 4.74 Å². The Morgan fingerprint density at radius 3 is 2.76 bits per heavy atom. The third-order valence-electron chi connectivity index (χ3n) is 3.67. The molecule has 2 rings (SSSR count). The third kappa shape index (κ3) is 4.43. The molecule has 1 aliphatic heterocycles. The van der Waals surface area contributed by atoms with Gasteiger partial charge < -0.3 is 14.6 Å². The molecule has 0 bridgehead atoms. The Labute approximate surface area is 125 Å². The zero-order valence-corrected chi connectivity index (χ0v) is 12.6. The van der Waals surface area contributed by atoms with Crippen LogP contribution >= 0.6 is 0 Å². The highest BCUT2D eigenvalue weighted by Gasteiger charge is 2.31. The SMILES string of the molecule is CC1(C)COCCN1CC(O)COc1ccc(C#N)cc1. The molecule has 5 heteroatoms. The van der Waals surface area contributed by atoms with Gasteiger partial charge in [-0.1, -0.05) is 0 Å². The molecule has 0 aromatic heterocycles. The van der Waals surface area contributed by atoms with E-state index in [1.165, 1.54) is 0 Å². The van der Waals surface area contributed by atoms with Crippen molar-refractivity contribution in [1.29, 1.82) is 5.26 Å². The standard InChI is InChI=1S/C16H22N2O3/c1-16(2)12-20-8-7-18(16)10-14(19)11-21-15-5-3-13(9-17)4-6-15/h3-6,14,19H,7-8,10-12H2,1-2H3. The van der Waals surface area contributed by atoms with Gasteiger partial charge in [-0.25, -0.2) is 0 Å². The maximum absolute atomic E-state index is 10.1. The number of nitrogens with zero attached hydrogens (tertiary/aromatic N) is 2. The van der Waals surface area contributed by atoms with E-state index in [1.807, 2.05) is 0 Å². The molecule has 1 unspecified atom stereocenters. The zero-order chi connectivity index (χ0) is 15.3. The van der Waals surface area contributed by atoms with Crippen LogP contribution in [0.3, 0.4) is 0 Å². The number of hydrogen-bond acceptors (Lipinski definition) is 5. The maximum atomic E-state index is 10.1. The molecule has 1 atom stereocenters. The van der Waals surface area contributed by atoms with Gasteiger partial charge in [0, 0.05) is 18.6 Å². The van der Waals surface area contributed by atoms with Crippen LogP contribution in [0.25, 0.3) is 0 Å². The number of hydrogen-bond donors (Lipinski definition) is 1. The lowest BCUT2D eigenvalue weighted by Crippen LogP contribution is -2.55. The second kappa shape index (κ2) is 6.90. The lowest BCUT2D eigenvalue weighted by molar-refractivity contribution is -0.0703. The molecule has 1 N–H and O–H groups in total. The quantitative estimate of drug-likeness (QED) is 0.888. The monoisotopic (exact) mass is 290 g/mol. The number of β-amino-alcohol motifs (C(OH)–C–C–N with tert-alkyl or cyclic N) is 1. The molecule has 0 saturated carbocycles. The van der Waals surface area contributed by atoms with Gasteiger partial charge in [0.1, 0.15) is 18.5 Å². The minimum absolute atomic E-state index is 0.0618. The van der Waals surface area contributed by atoms with E-state index < -0.39 is 6.10 Å². The van der Waals surface area contributed by atoms with Gasteiger partial charge >= 0.3 is 0 Å². The number of aliphatic hydroxyl groups excluding tert-OH is 1. The minimum atomic E-state index is -0.557. The lowest BCUT2D eigenvalue weighted by Gasteiger charge is -2.42. The summed E-state index contributed by atoms with van der Waals surface area (Å²) in [6.07, 6.45) is -0.557. The molecule has 1 aromatic carbocycles. The first-order valence-corrected chi connectivity index (χ1v) is 7.15. The molecule has 1 saturated heterocycles. The van der Waals surface area contributed by atoms with Crippen molar-refractivity contribution in [3.05, 3.63) is 29.8 Å². The fourth-order valence-electron chi connectivity index (χ4n) is 2.35. The van der Waals surface area contributed by atoms with E-state index in [0.717, 1.165) is 6.54 Å². The number of rotatable bonds is 5. The first-order chi connectivity index (χ1) is 10.0. The molecular weight excluding hydrogens is 268 g/mol. The topological polar surface area (TPSA) is 65.7 Å². The van der Waals surface area contributed by atoms with Crippen molar-refractivity contribution in [3.63, 3.8) is 0 Å². The van der Waals surface area contributed by atoms with E-state index >= 15 is 0 Å². The summed E-state index contributed by atoms with van der Waals surface area (Å²) < 4.78 is 11.0. The van der Waals surface area contributed by atoms with Gasteiger partial charge in [0.05, 0.1) is 24.8 Å². The van der Waals surface area contributed by atoms with Crippen molar-refractivity contribution >= 4 is 0 Å². The lowest BCUT2D eigenvalue weighted by atomic mass is 10.0. The van der Waals surface area contributed by atoms with Gasteiger partial charge in [-0.3, -0.25) is 4.90 Å². The average Bonchev–Trinajstić information content (AvgIpc) is 2.48. The Morgan fingerprint density at radius 2 is 2.14 bits per heavy atom. The van der Waals surface area contributed by atoms with Gasteiger partial charge in [-0.2, -0.15) is 5.26 Å². The number of benzene rings is 1. The highest BCUT2D eigenvalue weighted by atomic mass is 16.5. The Bertz CT molecular complexity index is 493. The highest BCUT2D eigenvalue weighted by molar-refractivity contribution is 5.34. The first kappa shape index (κ1) is 15.8. The molecule has 1 aliphatic rings. The van der Waals surface area contributed by atoms with Crippen LogP contribution in [0.4, 0.5) is 0 Å². The molecule has 0 aliphatic carbocycles. The van der Waals surface area contributed by atoms with E-state index in [0.29, 0.717) is 31.1 Å². The predicted octanol–water partition coefficient (Wildman–Crippen LogP) is 1.41. The van der Waals surface area contributed by atoms with Crippen molar-refractivity contribution in [2.45, 2.75) is 25.5 Å². The maximum Gasteiger partial charge on any atom is 0.119 e. The van der Waals surface area contributed by atoms with E-state index in [9.17, 15) is 5.11 Å². The first-order valence-electron chi connectivity index (χ1n) is 7.15. The highest BCUT2D eigenvalue weighted by Crippen LogP contribution is 2.19. The van der Waals surface area contributed by atoms with E-state index in [4.69, 9.17) is 14.7 Å². The van der Waals surface area contributed by atoms with Gasteiger partial charge in [-0.15, -0.1) is 0 Å². The van der Waals surface area contributed by atoms with Crippen LogP contribution in [0.5, 0.6) is 5.75 Å². The van der Waals surface area contributed by atoms with Crippen molar-refractivity contribution in [2.75, 3.05) is 32.9 Å². The summed E-state index contributed by atoms with van der Waals surface area (Å²) in [5.74, 6) is 0.661. The largest absolute Gasteiger partial charge is 0.491 e. The molecule has 0 radical (unpaired) electrons. The Morgan fingerprint density at radius 1 is 1.43 bits per heavy atom. The van der Waals surface area contributed by atoms with Crippen LogP contribution in [-0.4, -0.2) is 54.6 Å². The molecule has 1 aromatic rings. The van der Waals surface area contributed by atoms with Gasteiger partial charge in [-0.05, 0) is 38.1 Å². The van der Waals surface area contributed by atoms with Crippen LogP contribution in [0.1, 0.15) is 19.4 Å². The van der Waals surface area contributed by atoms with Crippen LogP contribution in [0, 0.1) is 11.3 Å². The molecule has 1 heterocycles. The van der Waals surface area contributed by atoms with Crippen LogP contribution < -0.4 is 4.74 Å². The van der Waals surface area contributed by atoms with Crippen molar-refractivity contribution in [3.8, 4) is 11.8 Å². The summed E-state index contributed by atoms with van der Waals surface area (Å²) in [7, 11) is 0. The Hall–Kier alpha value is -1.61. The van der Waals surface area contributed by atoms with Crippen molar-refractivity contribution < 1.29 is 14.6 Å². The number of ether oxygens (including phenoxy) is 2.